The lowest BCUT2D eigenvalue weighted by Gasteiger charge is -2.33. The number of nitrogens with zero attached hydrogens (tertiary/aromatic N) is 4. The molecule has 8 heteroatoms. The second-order valence-corrected chi connectivity index (χ2v) is 8.09. The number of urea groups is 1. The van der Waals surface area contributed by atoms with Crippen LogP contribution in [0.2, 0.25) is 0 Å². The third kappa shape index (κ3) is 4.40. The van der Waals surface area contributed by atoms with E-state index in [-0.39, 0.29) is 23.3 Å². The largest absolute Gasteiger partial charge is 0.331 e. The van der Waals surface area contributed by atoms with Crippen LogP contribution in [0.3, 0.4) is 0 Å². The number of nitrogens with one attached hydrogen (secondary N) is 1. The zero-order valence-corrected chi connectivity index (χ0v) is 15.2. The van der Waals surface area contributed by atoms with Gasteiger partial charge in [-0.15, -0.1) is 10.2 Å². The van der Waals surface area contributed by atoms with Crippen molar-refractivity contribution in [2.24, 2.45) is 5.92 Å². The van der Waals surface area contributed by atoms with Gasteiger partial charge in [-0.25, -0.2) is 4.79 Å². The second-order valence-electron chi connectivity index (χ2n) is 7.11. The summed E-state index contributed by atoms with van der Waals surface area (Å²) in [5.74, 6) is -0.285. The van der Waals surface area contributed by atoms with Gasteiger partial charge in [-0.3, -0.25) is 4.79 Å². The number of piperidine rings is 1. The molecule has 0 aromatic carbocycles. The van der Waals surface area contributed by atoms with Gasteiger partial charge in [0.2, 0.25) is 11.0 Å². The fourth-order valence-corrected chi connectivity index (χ4v) is 3.24. The Morgan fingerprint density at radius 1 is 1.30 bits per heavy atom. The molecule has 1 unspecified atom stereocenters. The summed E-state index contributed by atoms with van der Waals surface area (Å²) in [7, 11) is 3.45. The van der Waals surface area contributed by atoms with Crippen LogP contribution in [-0.4, -0.2) is 59.1 Å². The summed E-state index contributed by atoms with van der Waals surface area (Å²) in [5.41, 5.74) is -0.0829. The highest BCUT2D eigenvalue weighted by atomic mass is 32.1. The van der Waals surface area contributed by atoms with Crippen molar-refractivity contribution in [2.45, 2.75) is 39.0 Å². The minimum absolute atomic E-state index is 0.0477. The minimum atomic E-state index is -0.199. The van der Waals surface area contributed by atoms with Crippen LogP contribution in [0.4, 0.5) is 9.93 Å². The molecular formula is C15H25N5O2S. The maximum absolute atomic E-state index is 12.4. The van der Waals surface area contributed by atoms with Crippen molar-refractivity contribution in [3.05, 3.63) is 5.01 Å². The first-order valence-corrected chi connectivity index (χ1v) is 8.61. The van der Waals surface area contributed by atoms with Gasteiger partial charge in [0.15, 0.2) is 0 Å². The SMILES string of the molecule is CN(C)C(=O)N1CCCC(C(=O)Nc2nnc(C(C)(C)C)s2)C1. The number of likely N-dealkylation sites (tertiary alicyclic amines) is 1. The molecule has 0 spiro atoms. The Morgan fingerprint density at radius 2 is 2.00 bits per heavy atom. The zero-order chi connectivity index (χ0) is 17.2. The molecule has 0 bridgehead atoms. The lowest BCUT2D eigenvalue weighted by molar-refractivity contribution is -0.121. The van der Waals surface area contributed by atoms with Crippen molar-refractivity contribution in [1.29, 1.82) is 0 Å². The molecule has 0 saturated carbocycles. The Labute approximate surface area is 141 Å². The maximum atomic E-state index is 12.4. The van der Waals surface area contributed by atoms with E-state index in [0.717, 1.165) is 17.8 Å². The monoisotopic (exact) mass is 339 g/mol. The Hall–Kier alpha value is -1.70. The molecule has 1 atom stereocenters. The van der Waals surface area contributed by atoms with Crippen molar-refractivity contribution in [3.63, 3.8) is 0 Å². The van der Waals surface area contributed by atoms with Crippen LogP contribution < -0.4 is 5.32 Å². The Kier molecular flexibility index (Phi) is 5.23. The van der Waals surface area contributed by atoms with E-state index in [1.165, 1.54) is 11.3 Å². The molecule has 1 aromatic rings. The average Bonchev–Trinajstić information content (AvgIpc) is 2.95. The molecule has 1 saturated heterocycles. The van der Waals surface area contributed by atoms with Gasteiger partial charge in [-0.2, -0.15) is 0 Å². The second kappa shape index (κ2) is 6.82. The number of aromatic nitrogens is 2. The zero-order valence-electron chi connectivity index (χ0n) is 14.4. The quantitative estimate of drug-likeness (QED) is 0.895. The van der Waals surface area contributed by atoms with Gasteiger partial charge in [-0.05, 0) is 12.8 Å². The van der Waals surface area contributed by atoms with Gasteiger partial charge in [0.1, 0.15) is 5.01 Å². The Bertz CT molecular complexity index is 579. The average molecular weight is 339 g/mol. The summed E-state index contributed by atoms with van der Waals surface area (Å²) in [6.45, 7) is 7.34. The van der Waals surface area contributed by atoms with Crippen LogP contribution in [0.5, 0.6) is 0 Å². The number of amides is 3. The Morgan fingerprint density at radius 3 is 2.57 bits per heavy atom. The normalized spacial score (nSPS) is 18.7. The molecule has 1 aromatic heterocycles. The third-order valence-electron chi connectivity index (χ3n) is 3.74. The molecule has 128 valence electrons. The lowest BCUT2D eigenvalue weighted by Crippen LogP contribution is -2.47. The highest BCUT2D eigenvalue weighted by molar-refractivity contribution is 7.15. The highest BCUT2D eigenvalue weighted by Crippen LogP contribution is 2.28. The molecule has 2 heterocycles. The lowest BCUT2D eigenvalue weighted by atomic mass is 9.97. The first-order valence-electron chi connectivity index (χ1n) is 7.79. The molecule has 7 nitrogen and oxygen atoms in total. The molecule has 3 amide bonds. The summed E-state index contributed by atoms with van der Waals surface area (Å²) in [5, 5.41) is 12.4. The highest BCUT2D eigenvalue weighted by Gasteiger charge is 2.30. The molecule has 1 aliphatic rings. The molecule has 1 N–H and O–H groups in total. The molecule has 2 rings (SSSR count). The number of carbonyl (C=O) groups excluding carboxylic acids is 2. The van der Waals surface area contributed by atoms with Crippen LogP contribution in [0.15, 0.2) is 0 Å². The fraction of sp³-hybridized carbons (Fsp3) is 0.733. The summed E-state index contributed by atoms with van der Waals surface area (Å²) in [4.78, 5) is 27.8. The predicted molar refractivity (Wildman–Crippen MR) is 90.6 cm³/mol. The van der Waals surface area contributed by atoms with E-state index in [1.54, 1.807) is 23.9 Å². The first kappa shape index (κ1) is 17.7. The summed E-state index contributed by atoms with van der Waals surface area (Å²) >= 11 is 1.40. The molecule has 23 heavy (non-hydrogen) atoms. The van der Waals surface area contributed by atoms with E-state index in [2.05, 4.69) is 36.3 Å². The van der Waals surface area contributed by atoms with Gasteiger partial charge in [-0.1, -0.05) is 32.1 Å². The minimum Gasteiger partial charge on any atom is -0.331 e. The van der Waals surface area contributed by atoms with Crippen LogP contribution in [-0.2, 0) is 10.2 Å². The van der Waals surface area contributed by atoms with Crippen molar-refractivity contribution >= 4 is 28.4 Å². The van der Waals surface area contributed by atoms with Crippen LogP contribution in [0.25, 0.3) is 0 Å². The molecule has 1 aliphatic heterocycles. The number of hydrogen-bond donors (Lipinski definition) is 1. The van der Waals surface area contributed by atoms with Gasteiger partial charge < -0.3 is 15.1 Å². The van der Waals surface area contributed by atoms with Crippen LogP contribution in [0.1, 0.15) is 38.6 Å². The van der Waals surface area contributed by atoms with Crippen molar-refractivity contribution in [3.8, 4) is 0 Å². The smallest absolute Gasteiger partial charge is 0.319 e. The fourth-order valence-electron chi connectivity index (χ4n) is 2.43. The van der Waals surface area contributed by atoms with E-state index >= 15 is 0 Å². The summed E-state index contributed by atoms with van der Waals surface area (Å²) < 4.78 is 0. The summed E-state index contributed by atoms with van der Waals surface area (Å²) in [6.07, 6.45) is 1.62. The van der Waals surface area contributed by atoms with Gasteiger partial charge in [0.25, 0.3) is 0 Å². The predicted octanol–water partition coefficient (Wildman–Crippen LogP) is 2.17. The van der Waals surface area contributed by atoms with E-state index in [9.17, 15) is 9.59 Å². The van der Waals surface area contributed by atoms with Crippen molar-refractivity contribution < 1.29 is 9.59 Å². The van der Waals surface area contributed by atoms with E-state index in [0.29, 0.717) is 18.2 Å². The third-order valence-corrected chi connectivity index (χ3v) is 5.01. The standard InChI is InChI=1S/C15H25N5O2S/c1-15(2,3)12-17-18-13(23-12)16-11(21)10-7-6-8-20(9-10)14(22)19(4)5/h10H,6-9H2,1-5H3,(H,16,18,21). The van der Waals surface area contributed by atoms with E-state index in [1.807, 2.05) is 0 Å². The number of anilines is 1. The van der Waals surface area contributed by atoms with Crippen molar-refractivity contribution in [2.75, 3.05) is 32.5 Å². The van der Waals surface area contributed by atoms with E-state index in [4.69, 9.17) is 0 Å². The first-order chi connectivity index (χ1) is 10.7. The van der Waals surface area contributed by atoms with Crippen LogP contribution in [0, 0.1) is 5.92 Å². The Balaban J connectivity index is 1.97. The topological polar surface area (TPSA) is 78.4 Å². The van der Waals surface area contributed by atoms with Crippen molar-refractivity contribution in [1.82, 2.24) is 20.0 Å². The van der Waals surface area contributed by atoms with Gasteiger partial charge >= 0.3 is 6.03 Å². The molecule has 0 radical (unpaired) electrons. The molecular weight excluding hydrogens is 314 g/mol. The van der Waals surface area contributed by atoms with E-state index < -0.39 is 0 Å². The maximum Gasteiger partial charge on any atom is 0.319 e. The van der Waals surface area contributed by atoms with Gasteiger partial charge in [0, 0.05) is 32.6 Å². The number of rotatable bonds is 2. The molecule has 0 aliphatic carbocycles. The van der Waals surface area contributed by atoms with Gasteiger partial charge in [0.05, 0.1) is 5.92 Å². The number of hydrogen-bond acceptors (Lipinski definition) is 5. The number of carbonyl (C=O) groups is 2. The molecule has 1 fully saturated rings. The van der Waals surface area contributed by atoms with Crippen LogP contribution >= 0.6 is 11.3 Å². The summed E-state index contributed by atoms with van der Waals surface area (Å²) in [6, 6.07) is -0.0477.